The lowest BCUT2D eigenvalue weighted by Crippen LogP contribution is -2.47. The average Bonchev–Trinajstić information content (AvgIpc) is 3.46. The van der Waals surface area contributed by atoms with Crippen LogP contribution in [0.3, 0.4) is 0 Å². The number of nitrogens with one attached hydrogen (secondary N) is 3. The molecule has 2 amide bonds. The number of aromatic nitrogens is 2. The van der Waals surface area contributed by atoms with Crippen LogP contribution in [0.1, 0.15) is 22.4 Å². The summed E-state index contributed by atoms with van der Waals surface area (Å²) in [5.41, 5.74) is 5.51. The number of benzene rings is 3. The van der Waals surface area contributed by atoms with Crippen molar-refractivity contribution in [3.8, 4) is 5.75 Å². The topological polar surface area (TPSA) is 118 Å². The van der Waals surface area contributed by atoms with Gasteiger partial charge < -0.3 is 19.8 Å². The Hall–Kier alpha value is -4.99. The van der Waals surface area contributed by atoms with Crippen LogP contribution in [0.25, 0.3) is 0 Å². The number of hydrazone groups is 1. The van der Waals surface area contributed by atoms with Gasteiger partial charge in [0.05, 0.1) is 12.5 Å². The third-order valence-corrected chi connectivity index (χ3v) is 5.39. The van der Waals surface area contributed by atoms with E-state index in [1.165, 1.54) is 24.7 Å². The van der Waals surface area contributed by atoms with Gasteiger partial charge in [-0.05, 0) is 53.1 Å². The van der Waals surface area contributed by atoms with Crippen molar-refractivity contribution in [3.63, 3.8) is 0 Å². The van der Waals surface area contributed by atoms with Crippen molar-refractivity contribution in [2.24, 2.45) is 5.10 Å². The van der Waals surface area contributed by atoms with Crippen LogP contribution in [0.2, 0.25) is 0 Å². The van der Waals surface area contributed by atoms with Crippen molar-refractivity contribution in [2.45, 2.75) is 25.7 Å². The van der Waals surface area contributed by atoms with E-state index < -0.39 is 18.0 Å². The summed E-state index contributed by atoms with van der Waals surface area (Å²) in [4.78, 5) is 32.0. The highest BCUT2D eigenvalue weighted by atomic mass is 19.1. The van der Waals surface area contributed by atoms with Gasteiger partial charge in [-0.25, -0.2) is 19.6 Å². The van der Waals surface area contributed by atoms with E-state index in [1.807, 2.05) is 30.3 Å². The standard InChI is InChI=1S/C28H26FN5O4/c29-23-10-6-22(7-11-23)17-37-25-12-8-20(9-13-25)15-32-34-27(35)26(14-24-16-30-19-31-24)33-28(36)38-18-21-4-2-1-3-5-21/h1-13,15-16,19,26H,14,17-18H2,(H,30,31)(H,33,36)(H,34,35)/b32-15-/t26-/m0/s1. The van der Waals surface area contributed by atoms with E-state index in [9.17, 15) is 14.0 Å². The first-order valence-corrected chi connectivity index (χ1v) is 11.8. The van der Waals surface area contributed by atoms with E-state index in [0.717, 1.165) is 16.7 Å². The SMILES string of the molecule is O=C(N[C@@H](Cc1cnc[nH]1)C(=O)N/N=C\c1ccc(OCc2ccc(F)cc2)cc1)OCc1ccccc1. The minimum absolute atomic E-state index is 0.0762. The second-order valence-electron chi connectivity index (χ2n) is 8.26. The smallest absolute Gasteiger partial charge is 0.408 e. The van der Waals surface area contributed by atoms with Gasteiger partial charge in [0, 0.05) is 18.3 Å². The highest BCUT2D eigenvalue weighted by molar-refractivity contribution is 5.87. The number of carbonyl (C=O) groups excluding carboxylic acids is 2. The second kappa shape index (κ2) is 13.4. The summed E-state index contributed by atoms with van der Waals surface area (Å²) in [5, 5.41) is 6.59. The number of hydrogen-bond acceptors (Lipinski definition) is 6. The van der Waals surface area contributed by atoms with Gasteiger partial charge in [0.15, 0.2) is 0 Å². The molecule has 194 valence electrons. The molecule has 0 aliphatic carbocycles. The minimum atomic E-state index is -0.946. The Morgan fingerprint density at radius 3 is 2.42 bits per heavy atom. The van der Waals surface area contributed by atoms with Crippen LogP contribution >= 0.6 is 0 Å². The molecule has 1 atom stereocenters. The van der Waals surface area contributed by atoms with E-state index in [4.69, 9.17) is 9.47 Å². The third kappa shape index (κ3) is 8.30. The maximum Gasteiger partial charge on any atom is 0.408 e. The van der Waals surface area contributed by atoms with Crippen molar-refractivity contribution in [1.29, 1.82) is 0 Å². The molecule has 0 saturated heterocycles. The zero-order valence-electron chi connectivity index (χ0n) is 20.3. The summed E-state index contributed by atoms with van der Waals surface area (Å²) in [6.45, 7) is 0.384. The van der Waals surface area contributed by atoms with Crippen molar-refractivity contribution in [1.82, 2.24) is 20.7 Å². The Labute approximate surface area is 218 Å². The number of halogens is 1. The van der Waals surface area contributed by atoms with E-state index in [-0.39, 0.29) is 18.8 Å². The number of rotatable bonds is 11. The van der Waals surface area contributed by atoms with E-state index in [1.54, 1.807) is 42.6 Å². The largest absolute Gasteiger partial charge is 0.489 e. The zero-order chi connectivity index (χ0) is 26.6. The molecule has 0 unspecified atom stereocenters. The predicted octanol–water partition coefficient (Wildman–Crippen LogP) is 4.12. The number of ether oxygens (including phenoxy) is 2. The van der Waals surface area contributed by atoms with E-state index in [0.29, 0.717) is 18.1 Å². The first-order valence-electron chi connectivity index (χ1n) is 11.8. The van der Waals surface area contributed by atoms with Gasteiger partial charge in [-0.2, -0.15) is 5.10 Å². The number of nitrogens with zero attached hydrogens (tertiary/aromatic N) is 2. The minimum Gasteiger partial charge on any atom is -0.489 e. The summed E-state index contributed by atoms with van der Waals surface area (Å²) >= 11 is 0. The molecule has 3 aromatic carbocycles. The molecule has 4 rings (SSSR count). The maximum atomic E-state index is 13.0. The Morgan fingerprint density at radius 1 is 0.974 bits per heavy atom. The summed E-state index contributed by atoms with van der Waals surface area (Å²) in [6.07, 6.45) is 3.97. The summed E-state index contributed by atoms with van der Waals surface area (Å²) in [5.74, 6) is -0.184. The van der Waals surface area contributed by atoms with Crippen LogP contribution in [-0.4, -0.2) is 34.2 Å². The van der Waals surface area contributed by atoms with Crippen LogP contribution in [0, 0.1) is 5.82 Å². The first kappa shape index (κ1) is 26.1. The van der Waals surface area contributed by atoms with Crippen molar-refractivity contribution >= 4 is 18.2 Å². The van der Waals surface area contributed by atoms with Crippen LogP contribution in [0.5, 0.6) is 5.75 Å². The molecule has 0 aliphatic rings. The summed E-state index contributed by atoms with van der Waals surface area (Å²) in [6, 6.07) is 21.4. The predicted molar refractivity (Wildman–Crippen MR) is 139 cm³/mol. The fraction of sp³-hybridized carbons (Fsp3) is 0.143. The number of carbonyl (C=O) groups is 2. The average molecular weight is 516 g/mol. The third-order valence-electron chi connectivity index (χ3n) is 5.39. The highest BCUT2D eigenvalue weighted by Gasteiger charge is 2.22. The molecule has 10 heteroatoms. The molecular formula is C28H26FN5O4. The van der Waals surface area contributed by atoms with Crippen molar-refractivity contribution in [2.75, 3.05) is 0 Å². The zero-order valence-corrected chi connectivity index (χ0v) is 20.3. The normalized spacial score (nSPS) is 11.6. The molecule has 0 bridgehead atoms. The Balaban J connectivity index is 1.29. The van der Waals surface area contributed by atoms with Gasteiger partial charge in [-0.15, -0.1) is 0 Å². The lowest BCUT2D eigenvalue weighted by atomic mass is 10.1. The monoisotopic (exact) mass is 515 g/mol. The number of alkyl carbamates (subject to hydrolysis) is 1. The molecule has 1 aromatic heterocycles. The van der Waals surface area contributed by atoms with Crippen LogP contribution < -0.4 is 15.5 Å². The second-order valence-corrected chi connectivity index (χ2v) is 8.26. The molecule has 0 aliphatic heterocycles. The molecule has 0 saturated carbocycles. The van der Waals surface area contributed by atoms with Gasteiger partial charge in [-0.3, -0.25) is 4.79 Å². The van der Waals surface area contributed by atoms with Gasteiger partial charge in [0.2, 0.25) is 0 Å². The van der Waals surface area contributed by atoms with Gasteiger partial charge in [0.1, 0.15) is 30.8 Å². The number of amides is 2. The van der Waals surface area contributed by atoms with Crippen molar-refractivity contribution in [3.05, 3.63) is 120 Å². The number of imidazole rings is 1. The molecule has 38 heavy (non-hydrogen) atoms. The molecule has 3 N–H and O–H groups in total. The fourth-order valence-electron chi connectivity index (χ4n) is 3.38. The maximum absolute atomic E-state index is 13.0. The summed E-state index contributed by atoms with van der Waals surface area (Å²) < 4.78 is 24.0. The van der Waals surface area contributed by atoms with E-state index >= 15 is 0 Å². The molecule has 4 aromatic rings. The summed E-state index contributed by atoms with van der Waals surface area (Å²) in [7, 11) is 0. The Bertz CT molecular complexity index is 1330. The highest BCUT2D eigenvalue weighted by Crippen LogP contribution is 2.14. The molecule has 0 fully saturated rings. The number of hydrogen-bond donors (Lipinski definition) is 3. The van der Waals surface area contributed by atoms with E-state index in [2.05, 4.69) is 25.8 Å². The number of aromatic amines is 1. The van der Waals surface area contributed by atoms with Crippen LogP contribution in [-0.2, 0) is 29.2 Å². The Morgan fingerprint density at radius 2 is 1.71 bits per heavy atom. The lowest BCUT2D eigenvalue weighted by Gasteiger charge is -2.16. The molecule has 9 nitrogen and oxygen atoms in total. The van der Waals surface area contributed by atoms with Crippen LogP contribution in [0.15, 0.2) is 96.5 Å². The Kier molecular flexibility index (Phi) is 9.17. The molecular weight excluding hydrogens is 489 g/mol. The lowest BCUT2D eigenvalue weighted by molar-refractivity contribution is -0.123. The van der Waals surface area contributed by atoms with Crippen LogP contribution in [0.4, 0.5) is 9.18 Å². The van der Waals surface area contributed by atoms with Crippen molar-refractivity contribution < 1.29 is 23.5 Å². The fourth-order valence-corrected chi connectivity index (χ4v) is 3.38. The molecule has 1 heterocycles. The molecule has 0 radical (unpaired) electrons. The van der Waals surface area contributed by atoms with Gasteiger partial charge in [0.25, 0.3) is 5.91 Å². The van der Waals surface area contributed by atoms with Gasteiger partial charge in [-0.1, -0.05) is 42.5 Å². The molecule has 0 spiro atoms. The van der Waals surface area contributed by atoms with Gasteiger partial charge >= 0.3 is 6.09 Å². The number of H-pyrrole nitrogens is 1. The first-order chi connectivity index (χ1) is 18.5. The quantitative estimate of drug-likeness (QED) is 0.205.